The number of rotatable bonds is 3. The van der Waals surface area contributed by atoms with Gasteiger partial charge in [-0.25, -0.2) is 0 Å². The molecule has 0 aromatic heterocycles. The Morgan fingerprint density at radius 1 is 1.40 bits per heavy atom. The number of anilines is 1. The smallest absolute Gasteiger partial charge is 0.0402 e. The molecule has 1 N–H and O–H groups in total. The van der Waals surface area contributed by atoms with Gasteiger partial charge in [0, 0.05) is 22.2 Å². The lowest BCUT2D eigenvalue weighted by Crippen LogP contribution is -2.05. The van der Waals surface area contributed by atoms with Crippen molar-refractivity contribution in [2.75, 3.05) is 11.9 Å². The first kappa shape index (κ1) is 12.6. The Labute approximate surface area is 105 Å². The van der Waals surface area contributed by atoms with Crippen molar-refractivity contribution in [1.82, 2.24) is 0 Å². The first-order valence-electron chi connectivity index (χ1n) is 4.81. The number of benzene rings is 1. The highest BCUT2D eigenvalue weighted by Gasteiger charge is 2.03. The third kappa shape index (κ3) is 3.54. The fourth-order valence-electron chi connectivity index (χ4n) is 1.46. The largest absolute Gasteiger partial charge is 0.381 e. The number of hydrogen-bond acceptors (Lipinski definition) is 1. The van der Waals surface area contributed by atoms with Gasteiger partial charge in [0.15, 0.2) is 0 Å². The predicted molar refractivity (Wildman–Crippen MR) is 71.7 cm³/mol. The summed E-state index contributed by atoms with van der Waals surface area (Å²) < 4.78 is 1.12. The molecule has 3 heteroatoms. The van der Waals surface area contributed by atoms with E-state index < -0.39 is 0 Å². The Balaban J connectivity index is 2.86. The van der Waals surface area contributed by atoms with Crippen LogP contribution in [0.1, 0.15) is 18.1 Å². The summed E-state index contributed by atoms with van der Waals surface area (Å²) in [6.45, 7) is 6.98. The van der Waals surface area contributed by atoms with Crippen molar-refractivity contribution in [3.8, 4) is 0 Å². The van der Waals surface area contributed by atoms with Crippen molar-refractivity contribution in [3.63, 3.8) is 0 Å². The van der Waals surface area contributed by atoms with Gasteiger partial charge >= 0.3 is 0 Å². The van der Waals surface area contributed by atoms with E-state index in [2.05, 4.69) is 47.2 Å². The summed E-state index contributed by atoms with van der Waals surface area (Å²) in [7, 11) is 0. The van der Waals surface area contributed by atoms with Gasteiger partial charge in [0.05, 0.1) is 0 Å². The maximum atomic E-state index is 5.61. The Morgan fingerprint density at radius 3 is 2.40 bits per heavy atom. The zero-order chi connectivity index (χ0) is 11.4. The fourth-order valence-corrected chi connectivity index (χ4v) is 2.22. The third-order valence-corrected chi connectivity index (χ3v) is 3.06. The Kier molecular flexibility index (Phi) is 4.68. The van der Waals surface area contributed by atoms with Crippen LogP contribution in [0.25, 0.3) is 0 Å². The monoisotopic (exact) mass is 287 g/mol. The second-order valence-corrected chi connectivity index (χ2v) is 4.86. The molecule has 0 saturated heterocycles. The maximum Gasteiger partial charge on any atom is 0.0402 e. The molecule has 1 aromatic carbocycles. The van der Waals surface area contributed by atoms with E-state index in [4.69, 9.17) is 11.6 Å². The van der Waals surface area contributed by atoms with Crippen LogP contribution in [0.15, 0.2) is 27.7 Å². The van der Waals surface area contributed by atoms with Gasteiger partial charge in [-0.1, -0.05) is 27.5 Å². The maximum absolute atomic E-state index is 5.61. The zero-order valence-electron chi connectivity index (χ0n) is 9.20. The van der Waals surface area contributed by atoms with Crippen molar-refractivity contribution < 1.29 is 0 Å². The van der Waals surface area contributed by atoms with Crippen LogP contribution in [-0.4, -0.2) is 6.54 Å². The molecule has 0 bridgehead atoms. The quantitative estimate of drug-likeness (QED) is 0.856. The van der Waals surface area contributed by atoms with Crippen molar-refractivity contribution in [2.24, 2.45) is 0 Å². The fraction of sp³-hybridized carbons (Fsp3) is 0.333. The predicted octanol–water partition coefficient (Wildman–Crippen LogP) is 4.62. The molecular formula is C12H15BrClN. The molecule has 0 aliphatic rings. The molecule has 0 atom stereocenters. The van der Waals surface area contributed by atoms with Gasteiger partial charge in [0.1, 0.15) is 0 Å². The minimum Gasteiger partial charge on any atom is -0.381 e. The van der Waals surface area contributed by atoms with Gasteiger partial charge in [-0.05, 0) is 49.6 Å². The van der Waals surface area contributed by atoms with Gasteiger partial charge < -0.3 is 5.32 Å². The summed E-state index contributed by atoms with van der Waals surface area (Å²) in [6.07, 6.45) is 0. The first-order chi connectivity index (χ1) is 7.04. The highest BCUT2D eigenvalue weighted by atomic mass is 79.9. The highest BCUT2D eigenvalue weighted by Crippen LogP contribution is 2.25. The molecule has 1 nitrogen and oxygen atoms in total. The summed E-state index contributed by atoms with van der Waals surface area (Å²) in [6, 6.07) is 4.21. The Hall–Kier alpha value is -0.470. The molecule has 1 rings (SSSR count). The van der Waals surface area contributed by atoms with Crippen LogP contribution < -0.4 is 5.32 Å². The standard InChI is InChI=1S/C12H15BrClN/c1-8(6-14)7-15-12-9(2)4-11(13)5-10(12)3/h4-6,15H,7H2,1-3H3. The molecule has 1 aromatic rings. The van der Waals surface area contributed by atoms with E-state index in [0.29, 0.717) is 0 Å². The Bertz CT molecular complexity index is 362. The van der Waals surface area contributed by atoms with Gasteiger partial charge in [-0.15, -0.1) is 0 Å². The molecular weight excluding hydrogens is 273 g/mol. The molecule has 15 heavy (non-hydrogen) atoms. The van der Waals surface area contributed by atoms with Gasteiger partial charge in [-0.2, -0.15) is 0 Å². The first-order valence-corrected chi connectivity index (χ1v) is 6.04. The average Bonchev–Trinajstić information content (AvgIpc) is 2.15. The number of hydrogen-bond donors (Lipinski definition) is 1. The van der Waals surface area contributed by atoms with Gasteiger partial charge in [0.2, 0.25) is 0 Å². The summed E-state index contributed by atoms with van der Waals surface area (Å²) in [5, 5.41) is 3.39. The average molecular weight is 289 g/mol. The van der Waals surface area contributed by atoms with E-state index in [1.807, 2.05) is 6.92 Å². The lowest BCUT2D eigenvalue weighted by molar-refractivity contribution is 1.18. The second-order valence-electron chi connectivity index (χ2n) is 3.72. The highest BCUT2D eigenvalue weighted by molar-refractivity contribution is 9.10. The van der Waals surface area contributed by atoms with Crippen LogP contribution in [0.3, 0.4) is 0 Å². The van der Waals surface area contributed by atoms with E-state index in [9.17, 15) is 0 Å². The molecule has 0 spiro atoms. The summed E-state index contributed by atoms with van der Waals surface area (Å²) in [5.74, 6) is 0. The Morgan fingerprint density at radius 2 is 1.93 bits per heavy atom. The molecule has 0 fully saturated rings. The van der Waals surface area contributed by atoms with Crippen LogP contribution in [-0.2, 0) is 0 Å². The van der Waals surface area contributed by atoms with Crippen LogP contribution in [0.2, 0.25) is 0 Å². The van der Waals surface area contributed by atoms with E-state index >= 15 is 0 Å². The molecule has 0 amide bonds. The van der Waals surface area contributed by atoms with Gasteiger partial charge in [-0.3, -0.25) is 0 Å². The van der Waals surface area contributed by atoms with E-state index in [1.165, 1.54) is 16.8 Å². The molecule has 0 aliphatic carbocycles. The molecule has 0 radical (unpaired) electrons. The number of halogens is 2. The van der Waals surface area contributed by atoms with Crippen LogP contribution in [0.4, 0.5) is 5.69 Å². The third-order valence-electron chi connectivity index (χ3n) is 2.23. The summed E-state index contributed by atoms with van der Waals surface area (Å²) in [5.41, 5.74) is 6.40. The molecule has 82 valence electrons. The van der Waals surface area contributed by atoms with Crippen molar-refractivity contribution in [1.29, 1.82) is 0 Å². The van der Waals surface area contributed by atoms with Crippen LogP contribution in [0.5, 0.6) is 0 Å². The molecule has 0 aliphatic heterocycles. The SMILES string of the molecule is CC(=CCl)CNc1c(C)cc(Br)cc1C. The van der Waals surface area contributed by atoms with Crippen LogP contribution >= 0.6 is 27.5 Å². The van der Waals surface area contributed by atoms with E-state index in [0.717, 1.165) is 16.6 Å². The lowest BCUT2D eigenvalue weighted by Gasteiger charge is -2.13. The normalized spacial score (nSPS) is 11.7. The van der Waals surface area contributed by atoms with E-state index in [-0.39, 0.29) is 0 Å². The zero-order valence-corrected chi connectivity index (χ0v) is 11.5. The minimum atomic E-state index is 0.785. The number of nitrogens with one attached hydrogen (secondary N) is 1. The molecule has 0 saturated carbocycles. The van der Waals surface area contributed by atoms with Crippen molar-refractivity contribution in [2.45, 2.75) is 20.8 Å². The van der Waals surface area contributed by atoms with Gasteiger partial charge in [0.25, 0.3) is 0 Å². The van der Waals surface area contributed by atoms with Crippen molar-refractivity contribution >= 4 is 33.2 Å². The van der Waals surface area contributed by atoms with Crippen molar-refractivity contribution in [3.05, 3.63) is 38.8 Å². The summed E-state index contributed by atoms with van der Waals surface area (Å²) in [4.78, 5) is 0. The number of aryl methyl sites for hydroxylation is 2. The molecule has 0 heterocycles. The minimum absolute atomic E-state index is 0.785. The summed E-state index contributed by atoms with van der Waals surface area (Å²) >= 11 is 9.09. The topological polar surface area (TPSA) is 12.0 Å². The molecule has 0 unspecified atom stereocenters. The lowest BCUT2D eigenvalue weighted by atomic mass is 10.1. The van der Waals surface area contributed by atoms with E-state index in [1.54, 1.807) is 5.54 Å². The van der Waals surface area contributed by atoms with Crippen LogP contribution in [0, 0.1) is 13.8 Å². The second kappa shape index (κ2) is 5.57.